The van der Waals surface area contributed by atoms with Crippen molar-refractivity contribution in [1.29, 1.82) is 0 Å². The van der Waals surface area contributed by atoms with E-state index in [1.54, 1.807) is 19.1 Å². The summed E-state index contributed by atoms with van der Waals surface area (Å²) in [7, 11) is 0. The van der Waals surface area contributed by atoms with Crippen molar-refractivity contribution in [1.82, 2.24) is 0 Å². The molecule has 5 nitrogen and oxygen atoms in total. The highest BCUT2D eigenvalue weighted by atomic mass is 17.2. The third-order valence-electron chi connectivity index (χ3n) is 4.42. The van der Waals surface area contributed by atoms with E-state index in [4.69, 9.17) is 14.5 Å². The van der Waals surface area contributed by atoms with E-state index < -0.39 is 12.4 Å². The van der Waals surface area contributed by atoms with Gasteiger partial charge in [0.05, 0.1) is 0 Å². The average molecular weight is 386 g/mol. The summed E-state index contributed by atoms with van der Waals surface area (Å²) in [5.74, 6) is 2.41. The van der Waals surface area contributed by atoms with Crippen LogP contribution in [0.15, 0.2) is 54.6 Å². The van der Waals surface area contributed by atoms with Crippen molar-refractivity contribution in [3.8, 4) is 5.75 Å². The van der Waals surface area contributed by atoms with Crippen LogP contribution in [0, 0.1) is 11.8 Å². The Morgan fingerprint density at radius 3 is 2.14 bits per heavy atom. The molecule has 0 saturated heterocycles. The summed E-state index contributed by atoms with van der Waals surface area (Å²) in [4.78, 5) is 21.5. The lowest BCUT2D eigenvalue weighted by Gasteiger charge is -2.23. The largest absolute Gasteiger partial charge is 0.461 e. The molecule has 0 bridgehead atoms. The fourth-order valence-corrected chi connectivity index (χ4v) is 3.08. The average Bonchev–Trinajstić information content (AvgIpc) is 2.66. The van der Waals surface area contributed by atoms with Gasteiger partial charge in [-0.1, -0.05) is 58.0 Å². The molecule has 0 radical (unpaired) electrons. The van der Waals surface area contributed by atoms with Gasteiger partial charge in [-0.2, -0.15) is 0 Å². The Balaban J connectivity index is 1.83. The number of benzene rings is 2. The van der Waals surface area contributed by atoms with Crippen LogP contribution in [-0.4, -0.2) is 12.4 Å². The lowest BCUT2D eigenvalue weighted by molar-refractivity contribution is -0.310. The molecule has 0 heterocycles. The number of anilines is 1. The fourth-order valence-electron chi connectivity index (χ4n) is 3.08. The van der Waals surface area contributed by atoms with E-state index in [-0.39, 0.29) is 0 Å². The summed E-state index contributed by atoms with van der Waals surface area (Å²) >= 11 is 0. The topological polar surface area (TPSA) is 56.8 Å². The van der Waals surface area contributed by atoms with Gasteiger partial charge in [-0.3, -0.25) is 10.2 Å². The number of rotatable bonds is 9. The number of amides is 1. The van der Waals surface area contributed by atoms with Gasteiger partial charge in [0.25, 0.3) is 0 Å². The molecule has 2 aromatic carbocycles. The van der Waals surface area contributed by atoms with Gasteiger partial charge >= 0.3 is 6.09 Å². The van der Waals surface area contributed by atoms with E-state index in [1.807, 2.05) is 30.3 Å². The maximum atomic E-state index is 11.7. The monoisotopic (exact) mass is 385 g/mol. The number of nitrogens with one attached hydrogen (secondary N) is 1. The van der Waals surface area contributed by atoms with E-state index in [9.17, 15) is 4.79 Å². The zero-order valence-electron chi connectivity index (χ0n) is 17.3. The Hall–Kier alpha value is -2.53. The maximum absolute atomic E-state index is 11.7. The molecule has 5 heteroatoms. The zero-order chi connectivity index (χ0) is 20.5. The van der Waals surface area contributed by atoms with Crippen LogP contribution in [-0.2, 0) is 9.78 Å². The molecule has 0 saturated carbocycles. The molecule has 1 N–H and O–H groups in total. The standard InChI is InChI=1S/C23H31NO4/c1-16(2)15-22(17(3)4)19-11-13-21(14-12-19)26-18(5)27-28-23(25)24-20-9-7-6-8-10-20/h6-14,16-18,22H,15H2,1-5H3,(H,24,25). The summed E-state index contributed by atoms with van der Waals surface area (Å²) in [6.45, 7) is 10.7. The van der Waals surface area contributed by atoms with E-state index in [2.05, 4.69) is 45.1 Å². The van der Waals surface area contributed by atoms with Crippen LogP contribution >= 0.6 is 0 Å². The van der Waals surface area contributed by atoms with Crippen molar-refractivity contribution >= 4 is 11.8 Å². The molecule has 0 aliphatic heterocycles. The normalized spacial score (nSPS) is 13.2. The van der Waals surface area contributed by atoms with Crippen LogP contribution in [0.4, 0.5) is 10.5 Å². The molecule has 28 heavy (non-hydrogen) atoms. The number of carbonyl (C=O) groups is 1. The van der Waals surface area contributed by atoms with Crippen molar-refractivity contribution in [2.24, 2.45) is 11.8 Å². The molecule has 0 aliphatic rings. The van der Waals surface area contributed by atoms with Gasteiger partial charge in [-0.15, -0.1) is 4.89 Å². The van der Waals surface area contributed by atoms with Crippen LogP contribution in [0.2, 0.25) is 0 Å². The van der Waals surface area contributed by atoms with E-state index in [0.29, 0.717) is 29.2 Å². The van der Waals surface area contributed by atoms with Gasteiger partial charge in [0.1, 0.15) is 5.75 Å². The molecule has 0 aliphatic carbocycles. The highest BCUT2D eigenvalue weighted by Gasteiger charge is 2.18. The number of ether oxygens (including phenoxy) is 1. The van der Waals surface area contributed by atoms with Crippen molar-refractivity contribution in [2.45, 2.75) is 53.2 Å². The van der Waals surface area contributed by atoms with Gasteiger partial charge in [0, 0.05) is 12.6 Å². The van der Waals surface area contributed by atoms with Gasteiger partial charge in [0.15, 0.2) is 0 Å². The van der Waals surface area contributed by atoms with Crippen molar-refractivity contribution in [3.63, 3.8) is 0 Å². The predicted octanol–water partition coefficient (Wildman–Crippen LogP) is 6.38. The second kappa shape index (κ2) is 10.7. The molecule has 2 atom stereocenters. The molecule has 0 spiro atoms. The third kappa shape index (κ3) is 7.24. The van der Waals surface area contributed by atoms with Crippen molar-refractivity contribution in [2.75, 3.05) is 5.32 Å². The molecule has 2 rings (SSSR count). The molecule has 0 fully saturated rings. The molecule has 1 amide bonds. The minimum Gasteiger partial charge on any atom is -0.461 e. The van der Waals surface area contributed by atoms with Crippen LogP contribution in [0.25, 0.3) is 0 Å². The Labute approximate surface area is 167 Å². The fraction of sp³-hybridized carbons (Fsp3) is 0.435. The summed E-state index contributed by atoms with van der Waals surface area (Å²) < 4.78 is 5.66. The SMILES string of the molecule is CC(C)CC(c1ccc(OC(C)OOC(=O)Nc2ccccc2)cc1)C(C)C. The minimum atomic E-state index is -0.732. The third-order valence-corrected chi connectivity index (χ3v) is 4.42. The number of hydrogen-bond acceptors (Lipinski definition) is 4. The summed E-state index contributed by atoms with van der Waals surface area (Å²) in [5.41, 5.74) is 1.93. The molecular formula is C23H31NO4. The smallest absolute Gasteiger partial charge is 0.443 e. The van der Waals surface area contributed by atoms with Crippen LogP contribution in [0.1, 0.15) is 52.5 Å². The highest BCUT2D eigenvalue weighted by molar-refractivity contribution is 5.83. The molecule has 2 unspecified atom stereocenters. The number of hydrogen-bond donors (Lipinski definition) is 1. The van der Waals surface area contributed by atoms with E-state index in [1.165, 1.54) is 5.56 Å². The van der Waals surface area contributed by atoms with Crippen LogP contribution in [0.3, 0.4) is 0 Å². The lowest BCUT2D eigenvalue weighted by Crippen LogP contribution is -2.22. The second-order valence-electron chi connectivity index (χ2n) is 7.69. The molecule has 152 valence electrons. The van der Waals surface area contributed by atoms with Gasteiger partial charge < -0.3 is 4.74 Å². The van der Waals surface area contributed by atoms with Gasteiger partial charge in [-0.05, 0) is 54.0 Å². The van der Waals surface area contributed by atoms with E-state index in [0.717, 1.165) is 6.42 Å². The first-order chi connectivity index (χ1) is 13.3. The first-order valence-electron chi connectivity index (χ1n) is 9.81. The number of para-hydroxylation sites is 1. The van der Waals surface area contributed by atoms with E-state index >= 15 is 0 Å². The van der Waals surface area contributed by atoms with Crippen molar-refractivity contribution in [3.05, 3.63) is 60.2 Å². The highest BCUT2D eigenvalue weighted by Crippen LogP contribution is 2.32. The predicted molar refractivity (Wildman–Crippen MR) is 111 cm³/mol. The summed E-state index contributed by atoms with van der Waals surface area (Å²) in [5, 5.41) is 2.57. The Kier molecular flexibility index (Phi) is 8.33. The second-order valence-corrected chi connectivity index (χ2v) is 7.69. The Bertz CT molecular complexity index is 713. The summed E-state index contributed by atoms with van der Waals surface area (Å²) in [6, 6.07) is 17.0. The van der Waals surface area contributed by atoms with Crippen LogP contribution in [0.5, 0.6) is 5.75 Å². The first kappa shape index (κ1) is 21.8. The van der Waals surface area contributed by atoms with Crippen LogP contribution < -0.4 is 10.1 Å². The molecular weight excluding hydrogens is 354 g/mol. The summed E-state index contributed by atoms with van der Waals surface area (Å²) in [6.07, 6.45) is -0.281. The lowest BCUT2D eigenvalue weighted by atomic mass is 9.82. The maximum Gasteiger partial charge on any atom is 0.443 e. The Morgan fingerprint density at radius 1 is 0.929 bits per heavy atom. The zero-order valence-corrected chi connectivity index (χ0v) is 17.3. The minimum absolute atomic E-state index is 0.521. The van der Waals surface area contributed by atoms with Gasteiger partial charge in [0.2, 0.25) is 6.29 Å². The quantitative estimate of drug-likeness (QED) is 0.309. The molecule has 0 aromatic heterocycles. The Morgan fingerprint density at radius 2 is 1.57 bits per heavy atom. The van der Waals surface area contributed by atoms with Crippen molar-refractivity contribution < 1.29 is 19.3 Å². The first-order valence-corrected chi connectivity index (χ1v) is 9.81. The number of carbonyl (C=O) groups excluding carboxylic acids is 1. The molecule has 2 aromatic rings. The van der Waals surface area contributed by atoms with Gasteiger partial charge in [-0.25, -0.2) is 4.79 Å².